The number of carbonyl (C=O) groups is 2. The van der Waals surface area contributed by atoms with Crippen LogP contribution in [0.25, 0.3) is 0 Å². The fourth-order valence-electron chi connectivity index (χ4n) is 2.73. The number of carbonyl (C=O) groups excluding carboxylic acids is 2. The Labute approximate surface area is 152 Å². The van der Waals surface area contributed by atoms with Gasteiger partial charge in [0.15, 0.2) is 0 Å². The van der Waals surface area contributed by atoms with Crippen molar-refractivity contribution in [2.75, 3.05) is 5.32 Å². The number of ketones is 2. The van der Waals surface area contributed by atoms with E-state index in [0.29, 0.717) is 16.8 Å². The van der Waals surface area contributed by atoms with E-state index in [1.54, 1.807) is 0 Å². The van der Waals surface area contributed by atoms with E-state index in [9.17, 15) is 9.59 Å². The lowest BCUT2D eigenvalue weighted by Gasteiger charge is -2.31. The van der Waals surface area contributed by atoms with Crippen LogP contribution in [0.4, 0.5) is 5.69 Å². The lowest BCUT2D eigenvalue weighted by molar-refractivity contribution is -0.133. The summed E-state index contributed by atoms with van der Waals surface area (Å²) < 4.78 is 0.985. The molecule has 24 heavy (non-hydrogen) atoms. The zero-order chi connectivity index (χ0) is 18.3. The number of hydrogen-bond donors (Lipinski definition) is 1. The molecule has 1 aliphatic rings. The summed E-state index contributed by atoms with van der Waals surface area (Å²) in [5.74, 6) is -0.802. The molecule has 1 aromatic carbocycles. The number of rotatable bonds is 2. The Bertz CT molecular complexity index is 741. The van der Waals surface area contributed by atoms with Crippen LogP contribution in [0.1, 0.15) is 41.5 Å². The minimum absolute atomic E-state index is 0.386. The molecule has 128 valence electrons. The van der Waals surface area contributed by atoms with Gasteiger partial charge in [0, 0.05) is 27.0 Å². The molecule has 0 aromatic heterocycles. The van der Waals surface area contributed by atoms with E-state index in [0.717, 1.165) is 10.2 Å². The largest absolute Gasteiger partial charge is 0.355 e. The SMILES string of the molecule is CC(C)(C)C1=CC(Nc2ccc(Br)cc2)=C(C(C)(C)C)C(=O)C1=O. The van der Waals surface area contributed by atoms with Crippen molar-refractivity contribution in [3.8, 4) is 0 Å². The molecular formula is C20H24BrNO2. The molecule has 3 nitrogen and oxygen atoms in total. The van der Waals surface area contributed by atoms with E-state index in [1.807, 2.05) is 71.9 Å². The molecule has 4 heteroatoms. The zero-order valence-electron chi connectivity index (χ0n) is 15.1. The first-order chi connectivity index (χ1) is 10.9. The lowest BCUT2D eigenvalue weighted by atomic mass is 9.72. The minimum atomic E-state index is -0.426. The van der Waals surface area contributed by atoms with Gasteiger partial charge in [0.25, 0.3) is 0 Å². The molecule has 0 unspecified atom stereocenters. The smallest absolute Gasteiger partial charge is 0.231 e. The van der Waals surface area contributed by atoms with Crippen LogP contribution in [0.3, 0.4) is 0 Å². The molecule has 2 rings (SSSR count). The van der Waals surface area contributed by atoms with Gasteiger partial charge in [0.05, 0.1) is 0 Å². The number of anilines is 1. The molecule has 0 amide bonds. The maximum atomic E-state index is 12.8. The topological polar surface area (TPSA) is 46.2 Å². The number of Topliss-reactive ketones (excluding diaryl/α,β-unsaturated/α-hetero) is 2. The standard InChI is InChI=1S/C20H24BrNO2/c1-19(2,3)14-11-15(22-13-9-7-12(21)8-10-13)16(20(4,5)6)18(24)17(14)23/h7-11,22H,1-6H3. The molecule has 0 spiro atoms. The van der Waals surface area contributed by atoms with E-state index in [-0.39, 0.29) is 5.41 Å². The normalized spacial score (nSPS) is 16.4. The van der Waals surface area contributed by atoms with Crippen LogP contribution in [0, 0.1) is 10.8 Å². The van der Waals surface area contributed by atoms with Crippen LogP contribution in [0.15, 0.2) is 51.7 Å². The van der Waals surface area contributed by atoms with Crippen LogP contribution < -0.4 is 5.32 Å². The predicted molar refractivity (Wildman–Crippen MR) is 102 cm³/mol. The first-order valence-corrected chi connectivity index (χ1v) is 8.79. The molecule has 1 N–H and O–H groups in total. The molecule has 0 saturated carbocycles. The van der Waals surface area contributed by atoms with E-state index in [4.69, 9.17) is 0 Å². The van der Waals surface area contributed by atoms with Gasteiger partial charge in [-0.15, -0.1) is 0 Å². The Balaban J connectivity index is 2.60. The Morgan fingerprint density at radius 3 is 1.83 bits per heavy atom. The van der Waals surface area contributed by atoms with Gasteiger partial charge in [0.1, 0.15) is 0 Å². The van der Waals surface area contributed by atoms with Crippen LogP contribution >= 0.6 is 15.9 Å². The van der Waals surface area contributed by atoms with Crippen LogP contribution in [-0.4, -0.2) is 11.6 Å². The number of allylic oxidation sites excluding steroid dienone is 3. The molecule has 1 aromatic rings. The van der Waals surface area contributed by atoms with Crippen LogP contribution in [0.5, 0.6) is 0 Å². The van der Waals surface area contributed by atoms with E-state index < -0.39 is 17.0 Å². The van der Waals surface area contributed by atoms with Crippen molar-refractivity contribution in [1.29, 1.82) is 0 Å². The van der Waals surface area contributed by atoms with Gasteiger partial charge in [-0.2, -0.15) is 0 Å². The summed E-state index contributed by atoms with van der Waals surface area (Å²) in [6.45, 7) is 11.7. The molecule has 0 heterocycles. The van der Waals surface area contributed by atoms with Crippen molar-refractivity contribution in [3.63, 3.8) is 0 Å². The molecular weight excluding hydrogens is 366 g/mol. The van der Waals surface area contributed by atoms with Crippen molar-refractivity contribution in [2.45, 2.75) is 41.5 Å². The van der Waals surface area contributed by atoms with E-state index in [2.05, 4.69) is 21.2 Å². The quantitative estimate of drug-likeness (QED) is 0.552. The third-order valence-corrected chi connectivity index (χ3v) is 4.45. The van der Waals surface area contributed by atoms with Crippen molar-refractivity contribution in [2.24, 2.45) is 10.8 Å². The van der Waals surface area contributed by atoms with Gasteiger partial charge in [-0.3, -0.25) is 9.59 Å². The average Bonchev–Trinajstić information content (AvgIpc) is 2.42. The number of hydrogen-bond acceptors (Lipinski definition) is 3. The summed E-state index contributed by atoms with van der Waals surface area (Å²) in [4.78, 5) is 25.4. The third-order valence-electron chi connectivity index (χ3n) is 3.92. The summed E-state index contributed by atoms with van der Waals surface area (Å²) in [6, 6.07) is 7.74. The fraction of sp³-hybridized carbons (Fsp3) is 0.400. The highest BCUT2D eigenvalue weighted by atomic mass is 79.9. The number of halogens is 1. The number of nitrogens with one attached hydrogen (secondary N) is 1. The van der Waals surface area contributed by atoms with Crippen molar-refractivity contribution < 1.29 is 9.59 Å². The van der Waals surface area contributed by atoms with E-state index >= 15 is 0 Å². The summed E-state index contributed by atoms with van der Waals surface area (Å²) in [5, 5.41) is 3.33. The van der Waals surface area contributed by atoms with Gasteiger partial charge < -0.3 is 5.32 Å². The highest BCUT2D eigenvalue weighted by Crippen LogP contribution is 2.38. The molecule has 0 saturated heterocycles. The Hall–Kier alpha value is -1.68. The zero-order valence-corrected chi connectivity index (χ0v) is 16.7. The maximum Gasteiger partial charge on any atom is 0.231 e. The number of benzene rings is 1. The van der Waals surface area contributed by atoms with Gasteiger partial charge in [-0.1, -0.05) is 57.5 Å². The monoisotopic (exact) mass is 389 g/mol. The second-order valence-corrected chi connectivity index (χ2v) is 9.05. The van der Waals surface area contributed by atoms with Crippen LogP contribution in [0.2, 0.25) is 0 Å². The summed E-state index contributed by atoms with van der Waals surface area (Å²) >= 11 is 3.42. The molecule has 0 bridgehead atoms. The molecule has 0 radical (unpaired) electrons. The molecule has 1 aliphatic carbocycles. The first kappa shape index (κ1) is 18.7. The lowest BCUT2D eigenvalue weighted by Crippen LogP contribution is -2.35. The fourth-order valence-corrected chi connectivity index (χ4v) is 2.99. The second-order valence-electron chi connectivity index (χ2n) is 8.14. The minimum Gasteiger partial charge on any atom is -0.355 e. The second kappa shape index (κ2) is 6.32. The Kier molecular flexibility index (Phi) is 4.91. The van der Waals surface area contributed by atoms with Gasteiger partial charge in [-0.05, 0) is 41.2 Å². The van der Waals surface area contributed by atoms with E-state index in [1.165, 1.54) is 0 Å². The van der Waals surface area contributed by atoms with Crippen molar-refractivity contribution in [3.05, 3.63) is 51.7 Å². The van der Waals surface area contributed by atoms with Crippen LogP contribution in [-0.2, 0) is 9.59 Å². The Morgan fingerprint density at radius 2 is 1.38 bits per heavy atom. The van der Waals surface area contributed by atoms with Crippen molar-refractivity contribution in [1.82, 2.24) is 0 Å². The molecule has 0 atom stereocenters. The summed E-state index contributed by atoms with van der Waals surface area (Å²) in [6.07, 6.45) is 1.84. The van der Waals surface area contributed by atoms with Gasteiger partial charge in [-0.25, -0.2) is 0 Å². The first-order valence-electron chi connectivity index (χ1n) is 8.00. The highest BCUT2D eigenvalue weighted by molar-refractivity contribution is 9.10. The summed E-state index contributed by atoms with van der Waals surface area (Å²) in [5.41, 5.74) is 1.84. The Morgan fingerprint density at radius 1 is 0.833 bits per heavy atom. The molecule has 0 fully saturated rings. The highest BCUT2D eigenvalue weighted by Gasteiger charge is 2.39. The maximum absolute atomic E-state index is 12.8. The van der Waals surface area contributed by atoms with Crippen molar-refractivity contribution >= 4 is 33.2 Å². The predicted octanol–water partition coefficient (Wildman–Crippen LogP) is 5.29. The third kappa shape index (κ3) is 3.86. The van der Waals surface area contributed by atoms with Gasteiger partial charge >= 0.3 is 0 Å². The summed E-state index contributed by atoms with van der Waals surface area (Å²) in [7, 11) is 0. The van der Waals surface area contributed by atoms with Gasteiger partial charge in [0.2, 0.25) is 11.6 Å². The average molecular weight is 390 g/mol. The molecule has 0 aliphatic heterocycles.